The van der Waals surface area contributed by atoms with Gasteiger partial charge in [-0.3, -0.25) is 4.79 Å². The lowest BCUT2D eigenvalue weighted by Crippen LogP contribution is -2.13. The Labute approximate surface area is 121 Å². The first-order valence-corrected chi connectivity index (χ1v) is 6.43. The summed E-state index contributed by atoms with van der Waals surface area (Å²) in [7, 11) is 0. The van der Waals surface area contributed by atoms with Crippen molar-refractivity contribution in [2.24, 2.45) is 0 Å². The van der Waals surface area contributed by atoms with Gasteiger partial charge in [0.05, 0.1) is 0 Å². The lowest BCUT2D eigenvalue weighted by molar-refractivity contribution is 0.102. The van der Waals surface area contributed by atoms with Crippen molar-refractivity contribution in [2.75, 3.05) is 5.32 Å². The summed E-state index contributed by atoms with van der Waals surface area (Å²) >= 11 is 11.8. The van der Waals surface area contributed by atoms with Gasteiger partial charge in [0.1, 0.15) is 5.15 Å². The summed E-state index contributed by atoms with van der Waals surface area (Å²) in [6.45, 7) is 3.68. The van der Waals surface area contributed by atoms with Crippen LogP contribution in [0.25, 0.3) is 0 Å². The van der Waals surface area contributed by atoms with Gasteiger partial charge in [0.15, 0.2) is 0 Å². The van der Waals surface area contributed by atoms with Crippen LogP contribution >= 0.6 is 23.2 Å². The number of nitrogens with zero attached hydrogens (tertiary/aromatic N) is 1. The highest BCUT2D eigenvalue weighted by Gasteiger charge is 2.10. The predicted molar refractivity (Wildman–Crippen MR) is 78.1 cm³/mol. The van der Waals surface area contributed by atoms with Crippen molar-refractivity contribution in [3.63, 3.8) is 0 Å². The molecule has 3 nitrogen and oxygen atoms in total. The number of nitrogens with one attached hydrogen (secondary N) is 1. The number of hydrogen-bond acceptors (Lipinski definition) is 2. The Bertz CT molecular complexity index is 621. The molecule has 1 aromatic carbocycles. The Morgan fingerprint density at radius 1 is 1.16 bits per heavy atom. The average molecular weight is 295 g/mol. The number of anilines is 1. The maximum Gasteiger partial charge on any atom is 0.255 e. The van der Waals surface area contributed by atoms with E-state index in [1.165, 1.54) is 6.07 Å². The van der Waals surface area contributed by atoms with Crippen molar-refractivity contribution >= 4 is 34.8 Å². The molecule has 5 heteroatoms. The van der Waals surface area contributed by atoms with E-state index in [-0.39, 0.29) is 5.91 Å². The predicted octanol–water partition coefficient (Wildman–Crippen LogP) is 4.26. The third-order valence-electron chi connectivity index (χ3n) is 2.63. The van der Waals surface area contributed by atoms with Crippen LogP contribution in [-0.4, -0.2) is 10.9 Å². The molecular formula is C14H12Cl2N2O. The first-order chi connectivity index (χ1) is 8.95. The molecule has 0 saturated carbocycles. The van der Waals surface area contributed by atoms with Gasteiger partial charge in [0, 0.05) is 22.0 Å². The summed E-state index contributed by atoms with van der Waals surface area (Å²) in [6.07, 6.45) is 0. The lowest BCUT2D eigenvalue weighted by atomic mass is 10.1. The van der Waals surface area contributed by atoms with Gasteiger partial charge >= 0.3 is 0 Å². The zero-order valence-electron chi connectivity index (χ0n) is 10.5. The number of aromatic nitrogens is 1. The third-order valence-corrected chi connectivity index (χ3v) is 3.06. The fraction of sp³-hybridized carbons (Fsp3) is 0.143. The minimum Gasteiger partial charge on any atom is -0.322 e. The molecule has 0 aliphatic heterocycles. The van der Waals surface area contributed by atoms with E-state index in [0.717, 1.165) is 5.56 Å². The normalized spacial score (nSPS) is 10.3. The Morgan fingerprint density at radius 3 is 2.58 bits per heavy atom. The molecule has 1 amide bonds. The summed E-state index contributed by atoms with van der Waals surface area (Å²) in [4.78, 5) is 16.2. The molecule has 0 fully saturated rings. The summed E-state index contributed by atoms with van der Waals surface area (Å²) in [6, 6.07) is 8.55. The van der Waals surface area contributed by atoms with Gasteiger partial charge in [-0.2, -0.15) is 0 Å². The fourth-order valence-electron chi connectivity index (χ4n) is 1.68. The molecule has 0 saturated heterocycles. The molecule has 98 valence electrons. The number of pyridine rings is 1. The average Bonchev–Trinajstić information content (AvgIpc) is 2.32. The van der Waals surface area contributed by atoms with E-state index in [1.807, 2.05) is 13.0 Å². The van der Waals surface area contributed by atoms with Crippen molar-refractivity contribution in [2.45, 2.75) is 13.8 Å². The highest BCUT2D eigenvalue weighted by molar-refractivity contribution is 6.31. The second kappa shape index (κ2) is 5.59. The van der Waals surface area contributed by atoms with Crippen molar-refractivity contribution in [3.05, 3.63) is 57.3 Å². The van der Waals surface area contributed by atoms with Gasteiger partial charge in [0.25, 0.3) is 5.91 Å². The van der Waals surface area contributed by atoms with Crippen molar-refractivity contribution in [3.8, 4) is 0 Å². The zero-order valence-corrected chi connectivity index (χ0v) is 12.0. The number of carbonyl (C=O) groups is 1. The standard InChI is InChI=1S/C14H12Cl2N2O/c1-8-3-4-11(15)7-12(8)18-14(19)10-5-9(2)17-13(16)6-10/h3-7H,1-2H3,(H,18,19). The number of hydrogen-bond donors (Lipinski definition) is 1. The number of carbonyl (C=O) groups excluding carboxylic acids is 1. The van der Waals surface area contributed by atoms with Crippen LogP contribution in [0.4, 0.5) is 5.69 Å². The Morgan fingerprint density at radius 2 is 1.89 bits per heavy atom. The molecule has 1 aromatic heterocycles. The number of amides is 1. The summed E-state index contributed by atoms with van der Waals surface area (Å²) in [5.74, 6) is -0.238. The summed E-state index contributed by atoms with van der Waals surface area (Å²) < 4.78 is 0. The van der Waals surface area contributed by atoms with E-state index >= 15 is 0 Å². The molecule has 2 aromatic rings. The van der Waals surface area contributed by atoms with E-state index in [0.29, 0.717) is 27.1 Å². The third kappa shape index (κ3) is 3.46. The molecule has 0 atom stereocenters. The first-order valence-electron chi connectivity index (χ1n) is 5.67. The lowest BCUT2D eigenvalue weighted by Gasteiger charge is -2.09. The summed E-state index contributed by atoms with van der Waals surface area (Å²) in [5.41, 5.74) is 2.79. The number of halogens is 2. The van der Waals surface area contributed by atoms with Gasteiger partial charge < -0.3 is 5.32 Å². The second-order valence-electron chi connectivity index (χ2n) is 4.23. The van der Waals surface area contributed by atoms with Crippen LogP contribution in [0.1, 0.15) is 21.6 Å². The van der Waals surface area contributed by atoms with E-state index in [1.54, 1.807) is 25.1 Å². The van der Waals surface area contributed by atoms with Crippen LogP contribution in [0, 0.1) is 13.8 Å². The molecule has 0 spiro atoms. The Kier molecular flexibility index (Phi) is 4.08. The highest BCUT2D eigenvalue weighted by atomic mass is 35.5. The van der Waals surface area contributed by atoms with Crippen molar-refractivity contribution < 1.29 is 4.79 Å². The van der Waals surface area contributed by atoms with Gasteiger partial charge in [-0.15, -0.1) is 0 Å². The van der Waals surface area contributed by atoms with E-state index in [9.17, 15) is 4.79 Å². The largest absolute Gasteiger partial charge is 0.322 e. The molecule has 0 radical (unpaired) electrons. The second-order valence-corrected chi connectivity index (χ2v) is 5.06. The Hall–Kier alpha value is -1.58. The minimum atomic E-state index is -0.238. The molecular weight excluding hydrogens is 283 g/mol. The van der Waals surface area contributed by atoms with Crippen LogP contribution in [0.3, 0.4) is 0 Å². The fourth-order valence-corrected chi connectivity index (χ4v) is 2.11. The maximum absolute atomic E-state index is 12.1. The van der Waals surface area contributed by atoms with Gasteiger partial charge in [-0.25, -0.2) is 4.98 Å². The smallest absolute Gasteiger partial charge is 0.255 e. The van der Waals surface area contributed by atoms with E-state index in [2.05, 4.69) is 10.3 Å². The van der Waals surface area contributed by atoms with Crippen LogP contribution in [-0.2, 0) is 0 Å². The molecule has 0 aliphatic rings. The van der Waals surface area contributed by atoms with E-state index in [4.69, 9.17) is 23.2 Å². The molecule has 2 rings (SSSR count). The van der Waals surface area contributed by atoms with E-state index < -0.39 is 0 Å². The Balaban J connectivity index is 2.28. The molecule has 1 heterocycles. The van der Waals surface area contributed by atoms with Gasteiger partial charge in [-0.05, 0) is 43.7 Å². The number of rotatable bonds is 2. The molecule has 19 heavy (non-hydrogen) atoms. The van der Waals surface area contributed by atoms with Gasteiger partial charge in [0.2, 0.25) is 0 Å². The number of aryl methyl sites for hydroxylation is 2. The van der Waals surface area contributed by atoms with Crippen LogP contribution in [0.15, 0.2) is 30.3 Å². The van der Waals surface area contributed by atoms with Crippen LogP contribution in [0.2, 0.25) is 10.2 Å². The zero-order chi connectivity index (χ0) is 14.0. The first kappa shape index (κ1) is 13.8. The topological polar surface area (TPSA) is 42.0 Å². The monoisotopic (exact) mass is 294 g/mol. The molecule has 0 bridgehead atoms. The van der Waals surface area contributed by atoms with Gasteiger partial charge in [-0.1, -0.05) is 29.3 Å². The molecule has 0 aliphatic carbocycles. The number of benzene rings is 1. The maximum atomic E-state index is 12.1. The van der Waals surface area contributed by atoms with Crippen LogP contribution in [0.5, 0.6) is 0 Å². The summed E-state index contributed by atoms with van der Waals surface area (Å²) in [5, 5.41) is 3.68. The minimum absolute atomic E-state index is 0.238. The molecule has 0 unspecified atom stereocenters. The van der Waals surface area contributed by atoms with Crippen LogP contribution < -0.4 is 5.32 Å². The molecule has 1 N–H and O–H groups in total. The van der Waals surface area contributed by atoms with Crippen molar-refractivity contribution in [1.82, 2.24) is 4.98 Å². The SMILES string of the molecule is Cc1cc(C(=O)Nc2cc(Cl)ccc2C)cc(Cl)n1. The van der Waals surface area contributed by atoms with Crippen molar-refractivity contribution in [1.29, 1.82) is 0 Å². The highest BCUT2D eigenvalue weighted by Crippen LogP contribution is 2.21. The quantitative estimate of drug-likeness (QED) is 0.841.